The van der Waals surface area contributed by atoms with Gasteiger partial charge < -0.3 is 5.32 Å². The Morgan fingerprint density at radius 1 is 1.11 bits per heavy atom. The Labute approximate surface area is 110 Å². The quantitative estimate of drug-likeness (QED) is 0.815. The fourth-order valence-corrected chi connectivity index (χ4v) is 3.36. The zero-order valence-corrected chi connectivity index (χ0v) is 11.4. The first-order valence-corrected chi connectivity index (χ1v) is 7.37. The number of hydrogen-bond donors (Lipinski definition) is 1. The molecule has 2 heteroatoms. The Hall–Kier alpha value is -0.860. The van der Waals surface area contributed by atoms with E-state index in [4.69, 9.17) is 0 Å². The molecule has 1 atom stereocenters. The highest BCUT2D eigenvalue weighted by Gasteiger charge is 2.26. The van der Waals surface area contributed by atoms with Gasteiger partial charge in [0.1, 0.15) is 0 Å². The van der Waals surface area contributed by atoms with Crippen LogP contribution in [0.25, 0.3) is 0 Å². The second kappa shape index (κ2) is 5.41. The van der Waals surface area contributed by atoms with Gasteiger partial charge in [-0.05, 0) is 63.4 Å². The van der Waals surface area contributed by atoms with Gasteiger partial charge in [-0.15, -0.1) is 0 Å². The zero-order valence-electron chi connectivity index (χ0n) is 11.4. The van der Waals surface area contributed by atoms with Crippen LogP contribution in [0.1, 0.15) is 30.9 Å². The molecule has 18 heavy (non-hydrogen) atoms. The Balaban J connectivity index is 1.65. The minimum Gasteiger partial charge on any atom is -0.314 e. The van der Waals surface area contributed by atoms with Crippen LogP contribution >= 0.6 is 0 Å². The molecule has 0 aromatic heterocycles. The molecule has 1 unspecified atom stereocenters. The molecular formula is C16H24N2. The molecule has 2 aliphatic rings. The van der Waals surface area contributed by atoms with Crippen molar-refractivity contribution >= 4 is 0 Å². The first-order valence-electron chi connectivity index (χ1n) is 7.37. The van der Waals surface area contributed by atoms with Crippen molar-refractivity contribution in [3.05, 3.63) is 35.4 Å². The van der Waals surface area contributed by atoms with Crippen LogP contribution in [0.15, 0.2) is 24.3 Å². The SMILES string of the molecule is CC1CCN(C2Cc3ccccc3C2)CCCN1. The summed E-state index contributed by atoms with van der Waals surface area (Å²) in [5.41, 5.74) is 3.16. The second-order valence-electron chi connectivity index (χ2n) is 5.86. The lowest BCUT2D eigenvalue weighted by Gasteiger charge is -2.32. The first-order chi connectivity index (χ1) is 8.83. The summed E-state index contributed by atoms with van der Waals surface area (Å²) in [5, 5.41) is 3.59. The summed E-state index contributed by atoms with van der Waals surface area (Å²) in [7, 11) is 0. The molecule has 3 rings (SSSR count). The monoisotopic (exact) mass is 244 g/mol. The molecular weight excluding hydrogens is 220 g/mol. The number of nitrogens with one attached hydrogen (secondary N) is 1. The molecule has 1 fully saturated rings. The molecule has 1 aliphatic heterocycles. The molecule has 1 aromatic rings. The summed E-state index contributed by atoms with van der Waals surface area (Å²) in [4.78, 5) is 2.73. The highest BCUT2D eigenvalue weighted by Crippen LogP contribution is 2.26. The highest BCUT2D eigenvalue weighted by atomic mass is 15.2. The third-order valence-corrected chi connectivity index (χ3v) is 4.51. The van der Waals surface area contributed by atoms with Crippen LogP contribution in [0.5, 0.6) is 0 Å². The predicted octanol–water partition coefficient (Wildman–Crippen LogP) is 2.23. The molecule has 0 saturated carbocycles. The molecule has 0 spiro atoms. The largest absolute Gasteiger partial charge is 0.314 e. The van der Waals surface area contributed by atoms with Crippen molar-refractivity contribution in [2.45, 2.75) is 44.7 Å². The summed E-state index contributed by atoms with van der Waals surface area (Å²) in [6.07, 6.45) is 5.10. The van der Waals surface area contributed by atoms with Crippen LogP contribution in [0, 0.1) is 0 Å². The van der Waals surface area contributed by atoms with Crippen molar-refractivity contribution in [1.29, 1.82) is 0 Å². The van der Waals surface area contributed by atoms with E-state index in [1.165, 1.54) is 45.3 Å². The highest BCUT2D eigenvalue weighted by molar-refractivity contribution is 5.33. The number of fused-ring (bicyclic) bond motifs is 1. The smallest absolute Gasteiger partial charge is 0.0176 e. The van der Waals surface area contributed by atoms with Gasteiger partial charge in [0.05, 0.1) is 0 Å². The van der Waals surface area contributed by atoms with Crippen LogP contribution < -0.4 is 5.32 Å². The van der Waals surface area contributed by atoms with E-state index < -0.39 is 0 Å². The van der Waals surface area contributed by atoms with E-state index in [0.717, 1.165) is 6.04 Å². The fraction of sp³-hybridized carbons (Fsp3) is 0.625. The molecule has 1 aliphatic carbocycles. The number of nitrogens with zero attached hydrogens (tertiary/aromatic N) is 1. The number of rotatable bonds is 1. The Kier molecular flexibility index (Phi) is 3.67. The lowest BCUT2D eigenvalue weighted by molar-refractivity contribution is 0.177. The first kappa shape index (κ1) is 12.2. The van der Waals surface area contributed by atoms with Crippen molar-refractivity contribution in [2.24, 2.45) is 0 Å². The third-order valence-electron chi connectivity index (χ3n) is 4.51. The Morgan fingerprint density at radius 2 is 1.83 bits per heavy atom. The number of hydrogen-bond acceptors (Lipinski definition) is 2. The molecule has 0 amide bonds. The zero-order chi connectivity index (χ0) is 12.4. The van der Waals surface area contributed by atoms with Gasteiger partial charge in [-0.2, -0.15) is 0 Å². The van der Waals surface area contributed by atoms with Crippen molar-refractivity contribution in [1.82, 2.24) is 10.2 Å². The van der Waals surface area contributed by atoms with Gasteiger partial charge in [-0.1, -0.05) is 24.3 Å². The minimum absolute atomic E-state index is 0.677. The lowest BCUT2D eigenvalue weighted by atomic mass is 10.1. The molecule has 1 aromatic carbocycles. The molecule has 2 nitrogen and oxygen atoms in total. The average Bonchev–Trinajstić information content (AvgIpc) is 2.78. The van der Waals surface area contributed by atoms with E-state index in [0.29, 0.717) is 6.04 Å². The van der Waals surface area contributed by atoms with E-state index in [2.05, 4.69) is 41.4 Å². The van der Waals surface area contributed by atoms with E-state index in [9.17, 15) is 0 Å². The minimum atomic E-state index is 0.677. The van der Waals surface area contributed by atoms with E-state index in [1.807, 2.05) is 0 Å². The summed E-state index contributed by atoms with van der Waals surface area (Å²) in [6.45, 7) is 6.01. The van der Waals surface area contributed by atoms with Crippen molar-refractivity contribution in [2.75, 3.05) is 19.6 Å². The second-order valence-corrected chi connectivity index (χ2v) is 5.86. The van der Waals surface area contributed by atoms with Crippen molar-refractivity contribution < 1.29 is 0 Å². The van der Waals surface area contributed by atoms with Crippen LogP contribution in [-0.2, 0) is 12.8 Å². The van der Waals surface area contributed by atoms with Gasteiger partial charge in [-0.25, -0.2) is 0 Å². The van der Waals surface area contributed by atoms with E-state index in [-0.39, 0.29) is 0 Å². The van der Waals surface area contributed by atoms with Crippen molar-refractivity contribution in [3.63, 3.8) is 0 Å². The van der Waals surface area contributed by atoms with Gasteiger partial charge in [0.25, 0.3) is 0 Å². The summed E-state index contributed by atoms with van der Waals surface area (Å²) in [5.74, 6) is 0. The molecule has 1 N–H and O–H groups in total. The Morgan fingerprint density at radius 3 is 2.56 bits per heavy atom. The lowest BCUT2D eigenvalue weighted by Crippen LogP contribution is -2.43. The molecule has 1 saturated heterocycles. The topological polar surface area (TPSA) is 15.3 Å². The molecule has 0 bridgehead atoms. The molecule has 98 valence electrons. The number of benzene rings is 1. The molecule has 0 radical (unpaired) electrons. The van der Waals surface area contributed by atoms with Crippen LogP contribution in [0.2, 0.25) is 0 Å². The van der Waals surface area contributed by atoms with E-state index in [1.54, 1.807) is 11.1 Å². The summed E-state index contributed by atoms with van der Waals surface area (Å²) in [6, 6.07) is 10.4. The van der Waals surface area contributed by atoms with Crippen LogP contribution in [0.4, 0.5) is 0 Å². The normalized spacial score (nSPS) is 26.6. The summed E-state index contributed by atoms with van der Waals surface area (Å²) < 4.78 is 0. The molecule has 1 heterocycles. The predicted molar refractivity (Wildman–Crippen MR) is 75.9 cm³/mol. The average molecular weight is 244 g/mol. The summed E-state index contributed by atoms with van der Waals surface area (Å²) >= 11 is 0. The fourth-order valence-electron chi connectivity index (χ4n) is 3.36. The van der Waals surface area contributed by atoms with Gasteiger partial charge >= 0.3 is 0 Å². The van der Waals surface area contributed by atoms with Gasteiger partial charge in [-0.3, -0.25) is 4.90 Å². The van der Waals surface area contributed by atoms with Gasteiger partial charge in [0.15, 0.2) is 0 Å². The third kappa shape index (κ3) is 2.60. The van der Waals surface area contributed by atoms with Gasteiger partial charge in [0.2, 0.25) is 0 Å². The van der Waals surface area contributed by atoms with Crippen LogP contribution in [-0.4, -0.2) is 36.6 Å². The van der Waals surface area contributed by atoms with E-state index >= 15 is 0 Å². The van der Waals surface area contributed by atoms with Gasteiger partial charge in [0, 0.05) is 12.1 Å². The maximum atomic E-state index is 3.59. The maximum absolute atomic E-state index is 3.59. The standard InChI is InChI=1S/C16H24N2/c1-13-7-10-18(9-4-8-17-13)16-11-14-5-2-3-6-15(14)12-16/h2-3,5-6,13,16-17H,4,7-12H2,1H3. The Bertz CT molecular complexity index is 377. The van der Waals surface area contributed by atoms with Crippen LogP contribution in [0.3, 0.4) is 0 Å². The van der Waals surface area contributed by atoms with Crippen molar-refractivity contribution in [3.8, 4) is 0 Å². The maximum Gasteiger partial charge on any atom is 0.0176 e.